The van der Waals surface area contributed by atoms with Crippen LogP contribution in [0.1, 0.15) is 22.8 Å². The van der Waals surface area contributed by atoms with Crippen molar-refractivity contribution < 1.29 is 23.4 Å². The van der Waals surface area contributed by atoms with Gasteiger partial charge in [0.05, 0.1) is 12.2 Å². The molecule has 1 aromatic carbocycles. The lowest BCUT2D eigenvalue weighted by molar-refractivity contribution is -0.0383. The van der Waals surface area contributed by atoms with Gasteiger partial charge in [-0.05, 0) is 19.1 Å². The van der Waals surface area contributed by atoms with E-state index in [9.17, 15) is 9.18 Å². The summed E-state index contributed by atoms with van der Waals surface area (Å²) in [7, 11) is 1.47. The van der Waals surface area contributed by atoms with Crippen LogP contribution in [0, 0.1) is 5.82 Å². The highest BCUT2D eigenvalue weighted by Crippen LogP contribution is 2.34. The number of carbonyl (C=O) groups is 1. The topological polar surface area (TPSA) is 44.8 Å². The first-order valence-electron chi connectivity index (χ1n) is 5.35. The Hall–Kier alpha value is -1.62. The molecule has 0 saturated heterocycles. The maximum Gasteiger partial charge on any atom is 0.338 e. The molecule has 4 nitrogen and oxygen atoms in total. The van der Waals surface area contributed by atoms with E-state index >= 15 is 0 Å². The summed E-state index contributed by atoms with van der Waals surface area (Å²) in [6, 6.07) is 2.61. The summed E-state index contributed by atoms with van der Waals surface area (Å²) in [5.41, 5.74) is 0.845. The molecule has 1 heterocycles. The van der Waals surface area contributed by atoms with E-state index in [1.54, 1.807) is 6.92 Å². The highest BCUT2D eigenvalue weighted by molar-refractivity contribution is 5.92. The van der Waals surface area contributed by atoms with Crippen LogP contribution in [0.2, 0.25) is 0 Å². The monoisotopic (exact) mass is 240 g/mol. The molecule has 0 saturated carbocycles. The molecule has 0 bridgehead atoms. The van der Waals surface area contributed by atoms with E-state index in [4.69, 9.17) is 14.2 Å². The molecule has 1 atom stereocenters. The number of rotatable bonds is 3. The Morgan fingerprint density at radius 3 is 3.00 bits per heavy atom. The molecular formula is C12H13FO4. The summed E-state index contributed by atoms with van der Waals surface area (Å²) >= 11 is 0. The molecule has 1 aliphatic heterocycles. The molecule has 0 aromatic heterocycles. The number of benzene rings is 1. The van der Waals surface area contributed by atoms with Crippen molar-refractivity contribution in [2.24, 2.45) is 0 Å². The van der Waals surface area contributed by atoms with Crippen LogP contribution in [0.5, 0.6) is 5.75 Å². The molecule has 17 heavy (non-hydrogen) atoms. The minimum absolute atomic E-state index is 0.0856. The van der Waals surface area contributed by atoms with Crippen molar-refractivity contribution in [1.29, 1.82) is 0 Å². The van der Waals surface area contributed by atoms with Crippen molar-refractivity contribution in [2.45, 2.75) is 19.6 Å². The fourth-order valence-electron chi connectivity index (χ4n) is 1.80. The molecule has 0 N–H and O–H groups in total. The molecule has 0 aliphatic carbocycles. The number of ether oxygens (including phenoxy) is 3. The maximum absolute atomic E-state index is 13.5. The van der Waals surface area contributed by atoms with Crippen molar-refractivity contribution in [3.8, 4) is 5.75 Å². The first kappa shape index (κ1) is 11.9. The van der Waals surface area contributed by atoms with E-state index in [0.29, 0.717) is 17.5 Å². The molecule has 0 fully saturated rings. The molecule has 92 valence electrons. The van der Waals surface area contributed by atoms with Crippen LogP contribution >= 0.6 is 0 Å². The molecule has 2 rings (SSSR count). The van der Waals surface area contributed by atoms with Gasteiger partial charge in [-0.3, -0.25) is 0 Å². The van der Waals surface area contributed by atoms with Gasteiger partial charge in [-0.1, -0.05) is 0 Å². The first-order valence-corrected chi connectivity index (χ1v) is 5.35. The Morgan fingerprint density at radius 2 is 2.35 bits per heavy atom. The van der Waals surface area contributed by atoms with Crippen LogP contribution in [0.3, 0.4) is 0 Å². The van der Waals surface area contributed by atoms with E-state index in [1.807, 2.05) is 0 Å². The molecule has 0 radical (unpaired) electrons. The van der Waals surface area contributed by atoms with E-state index in [0.717, 1.165) is 0 Å². The van der Waals surface area contributed by atoms with Gasteiger partial charge in [0.2, 0.25) is 6.29 Å². The highest BCUT2D eigenvalue weighted by Gasteiger charge is 2.30. The van der Waals surface area contributed by atoms with E-state index in [-0.39, 0.29) is 12.4 Å². The lowest BCUT2D eigenvalue weighted by atomic mass is 10.0. The van der Waals surface area contributed by atoms with Gasteiger partial charge in [0.25, 0.3) is 0 Å². The predicted molar refractivity (Wildman–Crippen MR) is 57.5 cm³/mol. The zero-order chi connectivity index (χ0) is 12.4. The largest absolute Gasteiger partial charge is 0.462 e. The maximum atomic E-state index is 13.5. The number of hydrogen-bond acceptors (Lipinski definition) is 4. The predicted octanol–water partition coefficient (Wildman–Crippen LogP) is 1.91. The van der Waals surface area contributed by atoms with Crippen LogP contribution in [0.4, 0.5) is 4.39 Å². The average Bonchev–Trinajstić information content (AvgIpc) is 2.74. The van der Waals surface area contributed by atoms with Crippen molar-refractivity contribution in [2.75, 3.05) is 13.7 Å². The quantitative estimate of drug-likeness (QED) is 0.757. The van der Waals surface area contributed by atoms with Crippen molar-refractivity contribution in [3.63, 3.8) is 0 Å². The highest BCUT2D eigenvalue weighted by atomic mass is 19.1. The average molecular weight is 240 g/mol. The van der Waals surface area contributed by atoms with Crippen molar-refractivity contribution in [1.82, 2.24) is 0 Å². The van der Waals surface area contributed by atoms with Gasteiger partial charge in [-0.25, -0.2) is 9.18 Å². The SMILES string of the molecule is CCOC(=O)c1ccc(F)c2c1CC(OC)O2. The summed E-state index contributed by atoms with van der Waals surface area (Å²) in [5.74, 6) is -0.876. The van der Waals surface area contributed by atoms with Gasteiger partial charge >= 0.3 is 5.97 Å². The number of fused-ring (bicyclic) bond motifs is 1. The second kappa shape index (κ2) is 4.71. The number of hydrogen-bond donors (Lipinski definition) is 0. The van der Waals surface area contributed by atoms with Crippen LogP contribution in [0.25, 0.3) is 0 Å². The van der Waals surface area contributed by atoms with Crippen LogP contribution in [-0.2, 0) is 15.9 Å². The molecule has 0 amide bonds. The summed E-state index contributed by atoms with van der Waals surface area (Å²) in [5, 5.41) is 0. The zero-order valence-electron chi connectivity index (χ0n) is 9.66. The van der Waals surface area contributed by atoms with Crippen LogP contribution in [-0.4, -0.2) is 26.0 Å². The fraction of sp³-hybridized carbons (Fsp3) is 0.417. The minimum Gasteiger partial charge on any atom is -0.462 e. The molecule has 1 aliphatic rings. The third-order valence-electron chi connectivity index (χ3n) is 2.59. The van der Waals surface area contributed by atoms with Crippen LogP contribution in [0.15, 0.2) is 12.1 Å². The van der Waals surface area contributed by atoms with E-state index in [1.165, 1.54) is 19.2 Å². The number of halogens is 1. The fourth-order valence-corrected chi connectivity index (χ4v) is 1.80. The molecular weight excluding hydrogens is 227 g/mol. The third kappa shape index (κ3) is 2.10. The van der Waals surface area contributed by atoms with E-state index < -0.39 is 18.1 Å². The van der Waals surface area contributed by atoms with E-state index in [2.05, 4.69) is 0 Å². The number of esters is 1. The lowest BCUT2D eigenvalue weighted by Crippen LogP contribution is -2.15. The zero-order valence-corrected chi connectivity index (χ0v) is 9.66. The number of methoxy groups -OCH3 is 1. The second-order valence-electron chi connectivity index (χ2n) is 3.61. The minimum atomic E-state index is -0.546. The third-order valence-corrected chi connectivity index (χ3v) is 2.59. The van der Waals surface area contributed by atoms with Gasteiger partial charge < -0.3 is 14.2 Å². The van der Waals surface area contributed by atoms with Gasteiger partial charge in [0, 0.05) is 19.1 Å². The lowest BCUT2D eigenvalue weighted by Gasteiger charge is -2.07. The first-order chi connectivity index (χ1) is 8.17. The second-order valence-corrected chi connectivity index (χ2v) is 3.61. The van der Waals surface area contributed by atoms with Crippen molar-refractivity contribution >= 4 is 5.97 Å². The molecule has 1 aromatic rings. The van der Waals surface area contributed by atoms with Gasteiger partial charge in [0.15, 0.2) is 11.6 Å². The normalized spacial score (nSPS) is 17.5. The summed E-state index contributed by atoms with van der Waals surface area (Å²) < 4.78 is 28.7. The molecule has 5 heteroatoms. The molecule has 1 unspecified atom stereocenters. The molecule has 0 spiro atoms. The Bertz CT molecular complexity index is 444. The summed E-state index contributed by atoms with van der Waals surface area (Å²) in [6.45, 7) is 2.00. The Labute approximate surface area is 98.3 Å². The van der Waals surface area contributed by atoms with Gasteiger partial charge in [0.1, 0.15) is 0 Å². The summed E-state index contributed by atoms with van der Waals surface area (Å²) in [4.78, 5) is 11.7. The Morgan fingerprint density at radius 1 is 1.59 bits per heavy atom. The standard InChI is InChI=1S/C12H13FO4/c1-3-16-12(14)7-4-5-9(13)11-8(7)6-10(15-2)17-11/h4-5,10H,3,6H2,1-2H3. The van der Waals surface area contributed by atoms with Crippen molar-refractivity contribution in [3.05, 3.63) is 29.1 Å². The van der Waals surface area contributed by atoms with Gasteiger partial charge in [-0.2, -0.15) is 0 Å². The summed E-state index contributed by atoms with van der Waals surface area (Å²) in [6.07, 6.45) is -0.201. The number of carbonyl (C=O) groups excluding carboxylic acids is 1. The van der Waals surface area contributed by atoms with Crippen LogP contribution < -0.4 is 4.74 Å². The Balaban J connectivity index is 2.38. The Kier molecular flexibility index (Phi) is 3.28. The smallest absolute Gasteiger partial charge is 0.338 e. The van der Waals surface area contributed by atoms with Gasteiger partial charge in [-0.15, -0.1) is 0 Å².